The smallest absolute Gasteiger partial charge is 0.259 e. The minimum atomic E-state index is -0.309. The Morgan fingerprint density at radius 1 is 0.882 bits per heavy atom. The molecule has 3 nitrogen and oxygen atoms in total. The Balaban J connectivity index is 2.41. The molecule has 4 rings (SSSR count). The van der Waals surface area contributed by atoms with Crippen LogP contribution in [-0.4, -0.2) is 11.8 Å². The number of benzene rings is 3. The highest BCUT2D eigenvalue weighted by molar-refractivity contribution is 6.31. The summed E-state index contributed by atoms with van der Waals surface area (Å²) < 4.78 is 0. The number of carbonyl (C=O) groups excluding carboxylic acids is 2. The zero-order chi connectivity index (χ0) is 11.6. The molecule has 0 saturated heterocycles. The maximum atomic E-state index is 11.9. The lowest BCUT2D eigenvalue weighted by atomic mass is 9.88. The highest BCUT2D eigenvalue weighted by Crippen LogP contribution is 2.34. The van der Waals surface area contributed by atoms with E-state index in [1.165, 1.54) is 0 Å². The first-order chi connectivity index (χ1) is 8.25. The lowest BCUT2D eigenvalue weighted by molar-refractivity contribution is 0.0845. The minimum Gasteiger partial charge on any atom is -0.288 e. The number of rotatable bonds is 0. The fourth-order valence-corrected chi connectivity index (χ4v) is 2.64. The van der Waals surface area contributed by atoms with Gasteiger partial charge in [0.1, 0.15) is 0 Å². The molecule has 0 spiro atoms. The van der Waals surface area contributed by atoms with E-state index in [0.717, 1.165) is 21.5 Å². The molecular formula is C14H7NO2. The van der Waals surface area contributed by atoms with Crippen molar-refractivity contribution in [3.8, 4) is 0 Å². The third kappa shape index (κ3) is 0.916. The second-order valence-electron chi connectivity index (χ2n) is 4.27. The maximum Gasteiger partial charge on any atom is 0.259 e. The predicted octanol–water partition coefficient (Wildman–Crippen LogP) is 2.31. The number of hydrogen-bond acceptors (Lipinski definition) is 2. The van der Waals surface area contributed by atoms with Crippen LogP contribution in [0.2, 0.25) is 0 Å². The van der Waals surface area contributed by atoms with E-state index in [2.05, 4.69) is 5.32 Å². The molecule has 0 fully saturated rings. The van der Waals surface area contributed by atoms with Crippen molar-refractivity contribution in [2.75, 3.05) is 0 Å². The minimum absolute atomic E-state index is 0.292. The quantitative estimate of drug-likeness (QED) is 0.592. The molecule has 6 bridgehead atoms. The topological polar surface area (TPSA) is 46.2 Å². The van der Waals surface area contributed by atoms with Crippen molar-refractivity contribution in [1.29, 1.82) is 0 Å². The molecule has 0 saturated carbocycles. The molecule has 3 aromatic rings. The Morgan fingerprint density at radius 3 is 2.59 bits per heavy atom. The van der Waals surface area contributed by atoms with Gasteiger partial charge in [-0.25, -0.2) is 0 Å². The van der Waals surface area contributed by atoms with Crippen molar-refractivity contribution in [2.24, 2.45) is 0 Å². The molecule has 17 heavy (non-hydrogen) atoms. The van der Waals surface area contributed by atoms with Crippen LogP contribution in [0.4, 0.5) is 0 Å². The average molecular weight is 221 g/mol. The van der Waals surface area contributed by atoms with E-state index in [1.54, 1.807) is 6.07 Å². The van der Waals surface area contributed by atoms with Gasteiger partial charge in [-0.3, -0.25) is 14.9 Å². The first kappa shape index (κ1) is 8.70. The van der Waals surface area contributed by atoms with Crippen LogP contribution in [0.1, 0.15) is 20.7 Å². The lowest BCUT2D eigenvalue weighted by Gasteiger charge is -2.20. The Hall–Kier alpha value is -2.42. The van der Waals surface area contributed by atoms with Crippen molar-refractivity contribution in [2.45, 2.75) is 0 Å². The lowest BCUT2D eigenvalue weighted by Crippen LogP contribution is -2.35. The van der Waals surface area contributed by atoms with Crippen LogP contribution in [0.5, 0.6) is 0 Å². The van der Waals surface area contributed by atoms with Crippen LogP contribution in [0.25, 0.3) is 21.5 Å². The summed E-state index contributed by atoms with van der Waals surface area (Å²) in [5.74, 6) is -0.601. The van der Waals surface area contributed by atoms with Crippen LogP contribution in [0.15, 0.2) is 36.4 Å². The van der Waals surface area contributed by atoms with Gasteiger partial charge >= 0.3 is 0 Å². The molecule has 80 valence electrons. The Morgan fingerprint density at radius 2 is 1.71 bits per heavy atom. The van der Waals surface area contributed by atoms with Gasteiger partial charge in [-0.15, -0.1) is 0 Å². The fourth-order valence-electron chi connectivity index (χ4n) is 2.64. The molecule has 1 heterocycles. The van der Waals surface area contributed by atoms with Crippen LogP contribution in [0.3, 0.4) is 0 Å². The molecule has 0 aliphatic carbocycles. The number of amides is 2. The largest absolute Gasteiger partial charge is 0.288 e. The molecule has 1 aliphatic heterocycles. The fraction of sp³-hybridized carbons (Fsp3) is 0. The zero-order valence-corrected chi connectivity index (χ0v) is 8.78. The van der Waals surface area contributed by atoms with Gasteiger partial charge in [0.05, 0.1) is 5.56 Å². The number of imide groups is 1. The number of fused-ring (bicyclic) bond motifs is 3. The van der Waals surface area contributed by atoms with Gasteiger partial charge in [0, 0.05) is 10.9 Å². The third-order valence-electron chi connectivity index (χ3n) is 3.37. The molecule has 3 heteroatoms. The highest BCUT2D eigenvalue weighted by atomic mass is 16.2. The molecule has 0 aromatic heterocycles. The number of hydrogen-bond donors (Lipinski definition) is 1. The molecule has 2 amide bonds. The van der Waals surface area contributed by atoms with Crippen LogP contribution in [-0.2, 0) is 0 Å². The van der Waals surface area contributed by atoms with Gasteiger partial charge in [0.25, 0.3) is 11.8 Å². The number of nitrogens with one attached hydrogen (secondary N) is 1. The zero-order valence-electron chi connectivity index (χ0n) is 8.78. The Bertz CT molecular complexity index is 804. The van der Waals surface area contributed by atoms with Gasteiger partial charge in [0.2, 0.25) is 0 Å². The highest BCUT2D eigenvalue weighted by Gasteiger charge is 2.27. The van der Waals surface area contributed by atoms with Crippen LogP contribution in [0, 0.1) is 0 Å². The van der Waals surface area contributed by atoms with E-state index in [0.29, 0.717) is 11.1 Å². The molecule has 1 N–H and O–H groups in total. The maximum absolute atomic E-state index is 11.9. The summed E-state index contributed by atoms with van der Waals surface area (Å²) in [5.41, 5.74) is 1.22. The summed E-state index contributed by atoms with van der Waals surface area (Å²) in [7, 11) is 0. The van der Waals surface area contributed by atoms with E-state index in [-0.39, 0.29) is 11.8 Å². The standard InChI is InChI=1S/C14H7NO2/c16-13-10-5-4-9-7-2-1-3-8(6-7)11(10)12(9)14(17)15-13/h1-6H,(H,15,16,17). The van der Waals surface area contributed by atoms with E-state index < -0.39 is 0 Å². The SMILES string of the molecule is O=C1NC(=O)c2c3ccc1c2c1cccc3c1. The molecule has 3 aromatic carbocycles. The van der Waals surface area contributed by atoms with E-state index in [4.69, 9.17) is 0 Å². The first-order valence-electron chi connectivity index (χ1n) is 5.39. The van der Waals surface area contributed by atoms with Crippen molar-refractivity contribution < 1.29 is 9.59 Å². The van der Waals surface area contributed by atoms with Crippen molar-refractivity contribution in [3.63, 3.8) is 0 Å². The van der Waals surface area contributed by atoms with Gasteiger partial charge < -0.3 is 0 Å². The van der Waals surface area contributed by atoms with Crippen molar-refractivity contribution in [3.05, 3.63) is 47.5 Å². The summed E-state index contributed by atoms with van der Waals surface area (Å²) in [6.07, 6.45) is 0. The van der Waals surface area contributed by atoms with E-state index in [1.807, 2.05) is 30.3 Å². The molecule has 0 atom stereocenters. The van der Waals surface area contributed by atoms with Crippen LogP contribution >= 0.6 is 0 Å². The van der Waals surface area contributed by atoms with E-state index in [9.17, 15) is 9.59 Å². The first-order valence-corrected chi connectivity index (χ1v) is 5.39. The normalized spacial score (nSPS) is 14.6. The summed E-state index contributed by atoms with van der Waals surface area (Å²) in [6, 6.07) is 11.5. The Kier molecular flexibility index (Phi) is 1.35. The average Bonchev–Trinajstić information content (AvgIpc) is 2.34. The summed E-state index contributed by atoms with van der Waals surface area (Å²) >= 11 is 0. The second kappa shape index (κ2) is 2.63. The molecule has 0 radical (unpaired) electrons. The van der Waals surface area contributed by atoms with Gasteiger partial charge in [-0.05, 0) is 28.3 Å². The monoisotopic (exact) mass is 221 g/mol. The van der Waals surface area contributed by atoms with Gasteiger partial charge in [-0.1, -0.05) is 24.3 Å². The molecule has 1 aliphatic rings. The second-order valence-corrected chi connectivity index (χ2v) is 4.27. The van der Waals surface area contributed by atoms with Crippen molar-refractivity contribution >= 4 is 33.4 Å². The summed E-state index contributed by atoms with van der Waals surface area (Å²) in [5, 5.41) is 6.04. The third-order valence-corrected chi connectivity index (χ3v) is 3.37. The van der Waals surface area contributed by atoms with Gasteiger partial charge in [0.15, 0.2) is 0 Å². The van der Waals surface area contributed by atoms with Gasteiger partial charge in [-0.2, -0.15) is 0 Å². The van der Waals surface area contributed by atoms with E-state index >= 15 is 0 Å². The predicted molar refractivity (Wildman–Crippen MR) is 64.4 cm³/mol. The Labute approximate surface area is 96.4 Å². The summed E-state index contributed by atoms with van der Waals surface area (Å²) in [6.45, 7) is 0. The summed E-state index contributed by atoms with van der Waals surface area (Å²) in [4.78, 5) is 23.7. The van der Waals surface area contributed by atoms with Crippen LogP contribution < -0.4 is 5.32 Å². The van der Waals surface area contributed by atoms with Crippen molar-refractivity contribution in [1.82, 2.24) is 5.32 Å². The molecular weight excluding hydrogens is 214 g/mol. The molecule has 0 unspecified atom stereocenters. The number of carbonyl (C=O) groups is 2.